The van der Waals surface area contributed by atoms with E-state index in [2.05, 4.69) is 17.6 Å². The Bertz CT molecular complexity index is 370. The minimum Gasteiger partial charge on any atom is -0.355 e. The lowest BCUT2D eigenvalue weighted by atomic mass is 9.77. The number of nitrogens with one attached hydrogen (secondary N) is 2. The molecule has 2 aliphatic rings. The van der Waals surface area contributed by atoms with E-state index in [0.717, 1.165) is 25.9 Å². The summed E-state index contributed by atoms with van der Waals surface area (Å²) in [5.41, 5.74) is -0.0453. The van der Waals surface area contributed by atoms with Gasteiger partial charge in [-0.05, 0) is 37.6 Å². The molecule has 0 aromatic rings. The lowest BCUT2D eigenvalue weighted by molar-refractivity contribution is -0.198. The highest BCUT2D eigenvalue weighted by Gasteiger charge is 2.48. The van der Waals surface area contributed by atoms with Crippen LogP contribution < -0.4 is 10.6 Å². The Hall–Kier alpha value is -0.490. The van der Waals surface area contributed by atoms with Gasteiger partial charge in [-0.3, -0.25) is 4.79 Å². The molecule has 3 unspecified atom stereocenters. The van der Waals surface area contributed by atoms with Gasteiger partial charge in [0.1, 0.15) is 0 Å². The fourth-order valence-electron chi connectivity index (χ4n) is 3.54. The van der Waals surface area contributed by atoms with E-state index in [1.54, 1.807) is 0 Å². The van der Waals surface area contributed by atoms with Crippen LogP contribution in [0.2, 0.25) is 0 Å². The molecule has 3 nitrogen and oxygen atoms in total. The summed E-state index contributed by atoms with van der Waals surface area (Å²) in [4.78, 5) is 12.2. The molecule has 130 valence electrons. The Kier molecular flexibility index (Phi) is 6.99. The van der Waals surface area contributed by atoms with Gasteiger partial charge in [0, 0.05) is 19.0 Å². The van der Waals surface area contributed by atoms with Crippen molar-refractivity contribution in [1.82, 2.24) is 10.6 Å². The molecule has 2 rings (SSSR count). The van der Waals surface area contributed by atoms with E-state index >= 15 is 0 Å². The van der Waals surface area contributed by atoms with Crippen molar-refractivity contribution in [1.29, 1.82) is 0 Å². The molecule has 7 heteroatoms. The van der Waals surface area contributed by atoms with E-state index in [1.165, 1.54) is 0 Å². The Labute approximate surface area is 136 Å². The van der Waals surface area contributed by atoms with Crippen LogP contribution in [0.25, 0.3) is 0 Å². The first-order valence-electron chi connectivity index (χ1n) is 7.87. The molecule has 0 radical (unpaired) electrons. The van der Waals surface area contributed by atoms with E-state index in [0.29, 0.717) is 25.8 Å². The highest BCUT2D eigenvalue weighted by Crippen LogP contribution is 2.41. The number of halogens is 4. The van der Waals surface area contributed by atoms with Crippen LogP contribution in [-0.2, 0) is 4.79 Å². The lowest BCUT2D eigenvalue weighted by Crippen LogP contribution is -2.49. The molecular weight excluding hydrogens is 317 g/mol. The van der Waals surface area contributed by atoms with E-state index in [-0.39, 0.29) is 24.2 Å². The van der Waals surface area contributed by atoms with E-state index in [1.807, 2.05) is 0 Å². The predicted molar refractivity (Wildman–Crippen MR) is 82.0 cm³/mol. The highest BCUT2D eigenvalue weighted by atomic mass is 35.5. The molecule has 0 aromatic heterocycles. The van der Waals surface area contributed by atoms with E-state index in [4.69, 9.17) is 0 Å². The third kappa shape index (κ3) is 5.01. The van der Waals surface area contributed by atoms with Crippen LogP contribution in [0.3, 0.4) is 0 Å². The van der Waals surface area contributed by atoms with Gasteiger partial charge in [-0.1, -0.05) is 19.8 Å². The molecule has 3 atom stereocenters. The fourth-order valence-corrected chi connectivity index (χ4v) is 3.54. The summed E-state index contributed by atoms with van der Waals surface area (Å²) >= 11 is 0. The zero-order valence-corrected chi connectivity index (χ0v) is 13.8. The number of carbonyl (C=O) groups excluding carboxylic acids is 1. The van der Waals surface area contributed by atoms with Crippen LogP contribution in [-0.4, -0.2) is 31.7 Å². The molecule has 1 saturated heterocycles. The summed E-state index contributed by atoms with van der Waals surface area (Å²) in [7, 11) is 0. The summed E-state index contributed by atoms with van der Waals surface area (Å²) < 4.78 is 39.1. The van der Waals surface area contributed by atoms with Gasteiger partial charge in [0.05, 0.1) is 5.92 Å². The molecule has 0 aromatic carbocycles. The number of hydrogen-bond acceptors (Lipinski definition) is 2. The summed E-state index contributed by atoms with van der Waals surface area (Å²) in [6.07, 6.45) is -0.516. The normalized spacial score (nSPS) is 32.9. The number of amides is 1. The Balaban J connectivity index is 0.00000242. The van der Waals surface area contributed by atoms with Crippen LogP contribution in [0, 0.1) is 17.3 Å². The number of rotatable bonds is 3. The van der Waals surface area contributed by atoms with Gasteiger partial charge in [-0.25, -0.2) is 0 Å². The van der Waals surface area contributed by atoms with Crippen molar-refractivity contribution in [2.45, 2.75) is 51.6 Å². The minimum absolute atomic E-state index is 0. The third-order valence-electron chi connectivity index (χ3n) is 4.90. The number of carbonyl (C=O) groups is 1. The quantitative estimate of drug-likeness (QED) is 0.826. The van der Waals surface area contributed by atoms with Crippen molar-refractivity contribution in [3.05, 3.63) is 0 Å². The van der Waals surface area contributed by atoms with Gasteiger partial charge in [-0.2, -0.15) is 13.2 Å². The molecule has 1 amide bonds. The maximum absolute atomic E-state index is 13.0. The van der Waals surface area contributed by atoms with Crippen LogP contribution >= 0.6 is 12.4 Å². The average Bonchev–Trinajstić information content (AvgIpc) is 2.45. The predicted octanol–water partition coefficient (Wildman–Crippen LogP) is 3.28. The Morgan fingerprint density at radius 2 is 1.95 bits per heavy atom. The number of alkyl halides is 3. The average molecular weight is 343 g/mol. The summed E-state index contributed by atoms with van der Waals surface area (Å²) in [6, 6.07) is 0. The van der Waals surface area contributed by atoms with Gasteiger partial charge in [0.25, 0.3) is 0 Å². The van der Waals surface area contributed by atoms with Gasteiger partial charge in [0.15, 0.2) is 0 Å². The van der Waals surface area contributed by atoms with Crippen molar-refractivity contribution in [3.8, 4) is 0 Å². The maximum Gasteiger partial charge on any atom is 0.392 e. The maximum atomic E-state index is 13.0. The third-order valence-corrected chi connectivity index (χ3v) is 4.90. The SMILES string of the molecule is CC1(CNC(=O)C2CCCCC2C(F)(F)F)CCCNC1.Cl. The topological polar surface area (TPSA) is 41.1 Å². The van der Waals surface area contributed by atoms with Gasteiger partial charge >= 0.3 is 6.18 Å². The second-order valence-corrected chi connectivity index (χ2v) is 6.85. The standard InChI is InChI=1S/C15H25F3N2O.ClH/c1-14(7-4-8-19-9-14)10-20-13(21)11-5-2-3-6-12(11)15(16,17)18;/h11-12,19H,2-10H2,1H3,(H,20,21);1H. The first kappa shape index (κ1) is 19.6. The zero-order valence-electron chi connectivity index (χ0n) is 13.0. The van der Waals surface area contributed by atoms with E-state index in [9.17, 15) is 18.0 Å². The fraction of sp³-hybridized carbons (Fsp3) is 0.933. The van der Waals surface area contributed by atoms with Crippen molar-refractivity contribution >= 4 is 18.3 Å². The summed E-state index contributed by atoms with van der Waals surface area (Å²) in [5.74, 6) is -2.79. The van der Waals surface area contributed by atoms with Crippen LogP contribution in [0.15, 0.2) is 0 Å². The molecule has 0 spiro atoms. The second-order valence-electron chi connectivity index (χ2n) is 6.85. The molecule has 0 bridgehead atoms. The molecule has 22 heavy (non-hydrogen) atoms. The van der Waals surface area contributed by atoms with Gasteiger partial charge in [0.2, 0.25) is 5.91 Å². The first-order valence-corrected chi connectivity index (χ1v) is 7.87. The zero-order chi connectivity index (χ0) is 15.5. The van der Waals surface area contributed by atoms with Crippen LogP contribution in [0.1, 0.15) is 45.4 Å². The van der Waals surface area contributed by atoms with Crippen LogP contribution in [0.5, 0.6) is 0 Å². The van der Waals surface area contributed by atoms with Gasteiger partial charge < -0.3 is 10.6 Å². The molecule has 1 saturated carbocycles. The molecule has 1 aliphatic heterocycles. The number of hydrogen-bond donors (Lipinski definition) is 2. The van der Waals surface area contributed by atoms with E-state index < -0.39 is 23.9 Å². The summed E-state index contributed by atoms with van der Waals surface area (Å²) in [6.45, 7) is 4.31. The highest BCUT2D eigenvalue weighted by molar-refractivity contribution is 5.85. The molecule has 1 aliphatic carbocycles. The monoisotopic (exact) mass is 342 g/mol. The molecular formula is C15H26ClF3N2O. The lowest BCUT2D eigenvalue weighted by Gasteiger charge is -2.36. The number of piperidine rings is 1. The first-order chi connectivity index (χ1) is 9.82. The van der Waals surface area contributed by atoms with Crippen molar-refractivity contribution in [3.63, 3.8) is 0 Å². The Morgan fingerprint density at radius 1 is 1.27 bits per heavy atom. The summed E-state index contributed by atoms with van der Waals surface area (Å²) in [5, 5.41) is 6.07. The molecule has 2 fully saturated rings. The minimum atomic E-state index is -4.27. The largest absolute Gasteiger partial charge is 0.392 e. The molecule has 1 heterocycles. The van der Waals surface area contributed by atoms with Crippen molar-refractivity contribution in [2.75, 3.05) is 19.6 Å². The Morgan fingerprint density at radius 3 is 2.55 bits per heavy atom. The second kappa shape index (κ2) is 7.86. The van der Waals surface area contributed by atoms with Crippen molar-refractivity contribution < 1.29 is 18.0 Å². The molecule has 2 N–H and O–H groups in total. The van der Waals surface area contributed by atoms with Gasteiger partial charge in [-0.15, -0.1) is 12.4 Å². The smallest absolute Gasteiger partial charge is 0.355 e. The van der Waals surface area contributed by atoms with Crippen molar-refractivity contribution in [2.24, 2.45) is 17.3 Å². The van der Waals surface area contributed by atoms with Crippen LogP contribution in [0.4, 0.5) is 13.2 Å².